The average molecular weight is 351 g/mol. The minimum absolute atomic E-state index is 0.0634. The summed E-state index contributed by atoms with van der Waals surface area (Å²) < 4.78 is 36.8. The maximum absolute atomic E-state index is 13.2. The standard InChI is InChI=1S/C17H19F2N3O3/c1-10(2)15(23)22-6-7-24-13-8-11(4-5-12(13)9-22)14-20-16(25-21-14)17(3,18)19/h4-5,8,10H,6-7,9H2,1-3H3. The molecule has 0 unspecified atom stereocenters. The molecule has 0 saturated carbocycles. The van der Waals surface area contributed by atoms with Gasteiger partial charge < -0.3 is 14.2 Å². The number of fused-ring (bicyclic) bond motifs is 1. The van der Waals surface area contributed by atoms with Gasteiger partial charge >= 0.3 is 5.92 Å². The summed E-state index contributed by atoms with van der Waals surface area (Å²) in [6.07, 6.45) is 0. The van der Waals surface area contributed by atoms with Crippen molar-refractivity contribution in [1.82, 2.24) is 15.0 Å². The van der Waals surface area contributed by atoms with Gasteiger partial charge in [-0.05, 0) is 6.07 Å². The molecule has 0 bridgehead atoms. The van der Waals surface area contributed by atoms with Crippen LogP contribution in [0.5, 0.6) is 5.75 Å². The maximum Gasteiger partial charge on any atom is 0.322 e. The molecule has 3 rings (SSSR count). The van der Waals surface area contributed by atoms with Crippen LogP contribution in [-0.4, -0.2) is 34.1 Å². The minimum atomic E-state index is -3.19. The first kappa shape index (κ1) is 17.3. The molecule has 1 amide bonds. The fourth-order valence-corrected chi connectivity index (χ4v) is 2.58. The normalized spacial score (nSPS) is 14.9. The zero-order valence-corrected chi connectivity index (χ0v) is 14.3. The summed E-state index contributed by atoms with van der Waals surface area (Å²) in [6.45, 7) is 5.71. The summed E-state index contributed by atoms with van der Waals surface area (Å²) >= 11 is 0. The quantitative estimate of drug-likeness (QED) is 0.849. The Balaban J connectivity index is 1.87. The Morgan fingerprint density at radius 2 is 2.12 bits per heavy atom. The van der Waals surface area contributed by atoms with Crippen LogP contribution in [0.1, 0.15) is 32.2 Å². The molecule has 1 aliphatic heterocycles. The molecule has 134 valence electrons. The number of hydrogen-bond donors (Lipinski definition) is 0. The van der Waals surface area contributed by atoms with Crippen LogP contribution in [0.25, 0.3) is 11.4 Å². The molecule has 0 N–H and O–H groups in total. The molecule has 6 nitrogen and oxygen atoms in total. The lowest BCUT2D eigenvalue weighted by molar-refractivity contribution is -0.135. The van der Waals surface area contributed by atoms with E-state index in [1.807, 2.05) is 13.8 Å². The van der Waals surface area contributed by atoms with Gasteiger partial charge in [0.05, 0.1) is 6.54 Å². The lowest BCUT2D eigenvalue weighted by atomic mass is 10.1. The van der Waals surface area contributed by atoms with Crippen molar-refractivity contribution < 1.29 is 22.8 Å². The molecule has 0 aliphatic carbocycles. The van der Waals surface area contributed by atoms with Crippen molar-refractivity contribution in [3.8, 4) is 17.1 Å². The molecule has 0 spiro atoms. The van der Waals surface area contributed by atoms with Gasteiger partial charge in [-0.15, -0.1) is 0 Å². The highest BCUT2D eigenvalue weighted by molar-refractivity contribution is 5.78. The van der Waals surface area contributed by atoms with Crippen molar-refractivity contribution in [2.45, 2.75) is 33.2 Å². The first-order chi connectivity index (χ1) is 11.8. The van der Waals surface area contributed by atoms with Crippen molar-refractivity contribution in [3.63, 3.8) is 0 Å². The predicted molar refractivity (Wildman–Crippen MR) is 85.1 cm³/mol. The Morgan fingerprint density at radius 3 is 2.76 bits per heavy atom. The van der Waals surface area contributed by atoms with E-state index in [0.717, 1.165) is 5.56 Å². The van der Waals surface area contributed by atoms with Gasteiger partial charge in [-0.3, -0.25) is 4.79 Å². The molecule has 1 aliphatic rings. The number of nitrogens with zero attached hydrogens (tertiary/aromatic N) is 3. The van der Waals surface area contributed by atoms with Gasteiger partial charge in [-0.1, -0.05) is 31.1 Å². The van der Waals surface area contributed by atoms with E-state index in [2.05, 4.69) is 14.7 Å². The van der Waals surface area contributed by atoms with Crippen LogP contribution in [0, 0.1) is 5.92 Å². The van der Waals surface area contributed by atoms with Crippen LogP contribution in [0.2, 0.25) is 0 Å². The van der Waals surface area contributed by atoms with E-state index < -0.39 is 11.8 Å². The molecule has 0 fully saturated rings. The van der Waals surface area contributed by atoms with Crippen LogP contribution in [0.3, 0.4) is 0 Å². The van der Waals surface area contributed by atoms with Crippen LogP contribution in [0.4, 0.5) is 8.78 Å². The smallest absolute Gasteiger partial charge is 0.322 e. The second-order valence-electron chi connectivity index (χ2n) is 6.40. The topological polar surface area (TPSA) is 68.5 Å². The Bertz CT molecular complexity index is 784. The van der Waals surface area contributed by atoms with E-state index in [9.17, 15) is 13.6 Å². The highest BCUT2D eigenvalue weighted by Gasteiger charge is 2.32. The van der Waals surface area contributed by atoms with Crippen molar-refractivity contribution in [2.75, 3.05) is 13.2 Å². The molecule has 1 aromatic heterocycles. The Hall–Kier alpha value is -2.51. The maximum atomic E-state index is 13.2. The average Bonchev–Trinajstić information content (AvgIpc) is 2.95. The van der Waals surface area contributed by atoms with Crippen molar-refractivity contribution in [1.29, 1.82) is 0 Å². The third kappa shape index (κ3) is 3.62. The van der Waals surface area contributed by atoms with E-state index in [-0.39, 0.29) is 17.6 Å². The van der Waals surface area contributed by atoms with Crippen LogP contribution in [-0.2, 0) is 17.3 Å². The number of benzene rings is 1. The predicted octanol–water partition coefficient (Wildman–Crippen LogP) is 3.23. The highest BCUT2D eigenvalue weighted by Crippen LogP contribution is 2.31. The number of ether oxygens (including phenoxy) is 1. The monoisotopic (exact) mass is 351 g/mol. The summed E-state index contributed by atoms with van der Waals surface area (Å²) in [5.74, 6) is -3.28. The number of halogens is 2. The molecule has 8 heteroatoms. The van der Waals surface area contributed by atoms with E-state index >= 15 is 0 Å². The van der Waals surface area contributed by atoms with Crippen molar-refractivity contribution in [3.05, 3.63) is 29.7 Å². The van der Waals surface area contributed by atoms with Gasteiger partial charge in [0.25, 0.3) is 5.89 Å². The molecule has 0 radical (unpaired) electrons. The van der Waals surface area contributed by atoms with Crippen molar-refractivity contribution >= 4 is 5.91 Å². The first-order valence-corrected chi connectivity index (χ1v) is 8.02. The highest BCUT2D eigenvalue weighted by atomic mass is 19.3. The molecule has 0 atom stereocenters. The lowest BCUT2D eigenvalue weighted by Gasteiger charge is -2.21. The third-order valence-corrected chi connectivity index (χ3v) is 3.91. The fraction of sp³-hybridized carbons (Fsp3) is 0.471. The number of carbonyl (C=O) groups excluding carboxylic acids is 1. The molecule has 25 heavy (non-hydrogen) atoms. The molecular weight excluding hydrogens is 332 g/mol. The number of rotatable bonds is 3. The Labute approximate surface area is 143 Å². The summed E-state index contributed by atoms with van der Waals surface area (Å²) in [7, 11) is 0. The molecule has 1 aromatic carbocycles. The molecule has 2 heterocycles. The number of alkyl halides is 2. The van der Waals surface area contributed by atoms with Crippen molar-refractivity contribution in [2.24, 2.45) is 5.92 Å². The van der Waals surface area contributed by atoms with Gasteiger partial charge in [-0.2, -0.15) is 13.8 Å². The van der Waals surface area contributed by atoms with Crippen LogP contribution in [0.15, 0.2) is 22.7 Å². The van der Waals surface area contributed by atoms with Gasteiger partial charge in [0.15, 0.2) is 0 Å². The molecule has 0 saturated heterocycles. The summed E-state index contributed by atoms with van der Waals surface area (Å²) in [4.78, 5) is 17.7. The lowest BCUT2D eigenvalue weighted by Crippen LogP contribution is -2.35. The number of aromatic nitrogens is 2. The second-order valence-corrected chi connectivity index (χ2v) is 6.40. The number of amides is 1. The van der Waals surface area contributed by atoms with Gasteiger partial charge in [-0.25, -0.2) is 0 Å². The van der Waals surface area contributed by atoms with Gasteiger partial charge in [0.2, 0.25) is 11.7 Å². The van der Waals surface area contributed by atoms with E-state index in [0.29, 0.717) is 37.9 Å². The van der Waals surface area contributed by atoms with E-state index in [4.69, 9.17) is 4.74 Å². The number of hydrogen-bond acceptors (Lipinski definition) is 5. The van der Waals surface area contributed by atoms with Crippen LogP contribution >= 0.6 is 0 Å². The van der Waals surface area contributed by atoms with Gasteiger partial charge in [0, 0.05) is 30.5 Å². The number of carbonyl (C=O) groups is 1. The Kier molecular flexibility index (Phi) is 4.45. The van der Waals surface area contributed by atoms with Gasteiger partial charge in [0.1, 0.15) is 12.4 Å². The molecule has 2 aromatic rings. The summed E-state index contributed by atoms with van der Waals surface area (Å²) in [5, 5.41) is 3.61. The summed E-state index contributed by atoms with van der Waals surface area (Å²) in [6, 6.07) is 5.17. The van der Waals surface area contributed by atoms with E-state index in [1.54, 1.807) is 23.1 Å². The van der Waals surface area contributed by atoms with E-state index in [1.165, 1.54) is 0 Å². The SMILES string of the molecule is CC(C)C(=O)N1CCOc2cc(-c3noc(C(C)(F)F)n3)ccc2C1. The fourth-order valence-electron chi connectivity index (χ4n) is 2.58. The Morgan fingerprint density at radius 1 is 1.36 bits per heavy atom. The second kappa shape index (κ2) is 6.42. The zero-order valence-electron chi connectivity index (χ0n) is 14.3. The molecular formula is C17H19F2N3O3. The third-order valence-electron chi connectivity index (χ3n) is 3.91. The first-order valence-electron chi connectivity index (χ1n) is 8.02. The van der Waals surface area contributed by atoms with Crippen LogP contribution < -0.4 is 4.74 Å². The zero-order chi connectivity index (χ0) is 18.2. The summed E-state index contributed by atoms with van der Waals surface area (Å²) in [5.41, 5.74) is 1.36. The minimum Gasteiger partial charge on any atom is -0.491 e. The largest absolute Gasteiger partial charge is 0.491 e.